The fourth-order valence-corrected chi connectivity index (χ4v) is 1.82. The van der Waals surface area contributed by atoms with E-state index >= 15 is 0 Å². The van der Waals surface area contributed by atoms with E-state index in [-0.39, 0.29) is 0 Å². The summed E-state index contributed by atoms with van der Waals surface area (Å²) in [4.78, 5) is 2.48. The molecule has 92 valence electrons. The smallest absolute Gasteiger partial charge is 0.0589 e. The monoisotopic (exact) mass is 224 g/mol. The van der Waals surface area contributed by atoms with Crippen molar-refractivity contribution in [1.29, 1.82) is 0 Å². The molecular formula is C13H24N2O. The summed E-state index contributed by atoms with van der Waals surface area (Å²) in [6.07, 6.45) is 8.18. The number of hydrogen-bond donors (Lipinski definition) is 0. The fourth-order valence-electron chi connectivity index (χ4n) is 1.82. The van der Waals surface area contributed by atoms with Gasteiger partial charge in [0.25, 0.3) is 0 Å². The first-order chi connectivity index (χ1) is 7.83. The normalized spacial score (nSPS) is 16.6. The Bertz CT molecular complexity index is 240. The van der Waals surface area contributed by atoms with E-state index < -0.39 is 0 Å². The molecule has 0 bridgehead atoms. The summed E-state index contributed by atoms with van der Waals surface area (Å²) in [5.74, 6) is 0. The van der Waals surface area contributed by atoms with Gasteiger partial charge in [-0.25, -0.2) is 0 Å². The van der Waals surface area contributed by atoms with Crippen LogP contribution in [0.15, 0.2) is 24.5 Å². The van der Waals surface area contributed by atoms with E-state index in [0.29, 0.717) is 0 Å². The summed E-state index contributed by atoms with van der Waals surface area (Å²) in [7, 11) is 3.77. The summed E-state index contributed by atoms with van der Waals surface area (Å²) in [5, 5.41) is 0. The Kier molecular flexibility index (Phi) is 6.93. The number of methoxy groups -OCH3 is 1. The zero-order valence-corrected chi connectivity index (χ0v) is 10.6. The lowest BCUT2D eigenvalue weighted by Gasteiger charge is -2.25. The highest BCUT2D eigenvalue weighted by Gasteiger charge is 2.08. The van der Waals surface area contributed by atoms with Gasteiger partial charge in [0.1, 0.15) is 0 Å². The third-order valence-electron chi connectivity index (χ3n) is 2.81. The highest BCUT2D eigenvalue weighted by atomic mass is 16.5. The number of aryl methyl sites for hydroxylation is 1. The Morgan fingerprint density at radius 1 is 1.06 bits per heavy atom. The Morgan fingerprint density at radius 3 is 2.12 bits per heavy atom. The Hall–Kier alpha value is -0.800. The maximum atomic E-state index is 5.00. The lowest BCUT2D eigenvalue weighted by Crippen LogP contribution is -2.32. The molecule has 1 aromatic rings. The SMILES string of the molecule is COCCN1CCCCC1.Cn1cccc1. The molecule has 1 saturated heterocycles. The average molecular weight is 224 g/mol. The number of likely N-dealkylation sites (tertiary alicyclic amines) is 1. The van der Waals surface area contributed by atoms with Crippen LogP contribution in [0.4, 0.5) is 0 Å². The minimum absolute atomic E-state index is 0.889. The number of hydrogen-bond acceptors (Lipinski definition) is 2. The molecule has 3 nitrogen and oxygen atoms in total. The molecule has 2 rings (SSSR count). The molecular weight excluding hydrogens is 200 g/mol. The van der Waals surface area contributed by atoms with E-state index in [2.05, 4.69) is 4.90 Å². The molecule has 1 aliphatic rings. The number of aromatic nitrogens is 1. The second-order valence-electron chi connectivity index (χ2n) is 4.24. The summed E-state index contributed by atoms with van der Waals surface area (Å²) < 4.78 is 7.00. The number of ether oxygens (including phenoxy) is 1. The van der Waals surface area contributed by atoms with Crippen molar-refractivity contribution in [1.82, 2.24) is 9.47 Å². The Morgan fingerprint density at radius 2 is 1.69 bits per heavy atom. The molecule has 1 fully saturated rings. The number of piperidine rings is 1. The van der Waals surface area contributed by atoms with Gasteiger partial charge in [0, 0.05) is 33.1 Å². The van der Waals surface area contributed by atoms with Crippen molar-refractivity contribution in [2.45, 2.75) is 19.3 Å². The molecule has 0 aromatic carbocycles. The first kappa shape index (κ1) is 13.3. The van der Waals surface area contributed by atoms with Gasteiger partial charge in [0.15, 0.2) is 0 Å². The van der Waals surface area contributed by atoms with Crippen LogP contribution >= 0.6 is 0 Å². The van der Waals surface area contributed by atoms with E-state index in [0.717, 1.165) is 13.2 Å². The molecule has 3 heteroatoms. The molecule has 0 saturated carbocycles. The molecule has 1 aromatic heterocycles. The van der Waals surface area contributed by atoms with Gasteiger partial charge >= 0.3 is 0 Å². The Labute approximate surface area is 99.0 Å². The summed E-state index contributed by atoms with van der Waals surface area (Å²) in [6.45, 7) is 4.57. The summed E-state index contributed by atoms with van der Waals surface area (Å²) >= 11 is 0. The molecule has 2 heterocycles. The summed E-state index contributed by atoms with van der Waals surface area (Å²) in [5.41, 5.74) is 0. The standard InChI is InChI=1S/C8H17NO.C5H7N/c1-10-8-7-9-5-3-2-4-6-9;1-6-4-2-3-5-6/h2-8H2,1H3;2-5H,1H3. The highest BCUT2D eigenvalue weighted by molar-refractivity contribution is 4.88. The molecule has 0 atom stereocenters. The molecule has 0 N–H and O–H groups in total. The van der Waals surface area contributed by atoms with Crippen molar-refractivity contribution in [3.8, 4) is 0 Å². The Balaban J connectivity index is 0.000000181. The average Bonchev–Trinajstić information content (AvgIpc) is 2.80. The van der Waals surface area contributed by atoms with Crippen LogP contribution < -0.4 is 0 Å². The number of nitrogens with zero attached hydrogens (tertiary/aromatic N) is 2. The van der Waals surface area contributed by atoms with E-state index in [1.807, 2.05) is 36.1 Å². The molecule has 0 aliphatic carbocycles. The van der Waals surface area contributed by atoms with Crippen LogP contribution in [0.1, 0.15) is 19.3 Å². The van der Waals surface area contributed by atoms with Gasteiger partial charge < -0.3 is 14.2 Å². The minimum Gasteiger partial charge on any atom is -0.383 e. The summed E-state index contributed by atoms with van der Waals surface area (Å²) in [6, 6.07) is 4.00. The maximum absolute atomic E-state index is 5.00. The first-order valence-corrected chi connectivity index (χ1v) is 6.11. The molecule has 16 heavy (non-hydrogen) atoms. The molecule has 0 amide bonds. The van der Waals surface area contributed by atoms with Crippen LogP contribution in [-0.4, -0.2) is 42.8 Å². The molecule has 1 aliphatic heterocycles. The zero-order chi connectivity index (χ0) is 11.6. The van der Waals surface area contributed by atoms with Crippen molar-refractivity contribution >= 4 is 0 Å². The topological polar surface area (TPSA) is 17.4 Å². The van der Waals surface area contributed by atoms with Crippen molar-refractivity contribution in [2.75, 3.05) is 33.4 Å². The minimum atomic E-state index is 0.889. The highest BCUT2D eigenvalue weighted by Crippen LogP contribution is 2.07. The third-order valence-corrected chi connectivity index (χ3v) is 2.81. The fraction of sp³-hybridized carbons (Fsp3) is 0.692. The van der Waals surface area contributed by atoms with Gasteiger partial charge in [-0.3, -0.25) is 0 Å². The second kappa shape index (κ2) is 8.36. The van der Waals surface area contributed by atoms with E-state index in [1.54, 1.807) is 7.11 Å². The lowest BCUT2D eigenvalue weighted by molar-refractivity contribution is 0.135. The van der Waals surface area contributed by atoms with E-state index in [9.17, 15) is 0 Å². The number of rotatable bonds is 3. The molecule has 0 radical (unpaired) electrons. The van der Waals surface area contributed by atoms with Crippen molar-refractivity contribution in [3.63, 3.8) is 0 Å². The molecule has 0 spiro atoms. The second-order valence-corrected chi connectivity index (χ2v) is 4.24. The van der Waals surface area contributed by atoms with Crippen LogP contribution in [0.25, 0.3) is 0 Å². The van der Waals surface area contributed by atoms with Crippen molar-refractivity contribution in [2.24, 2.45) is 7.05 Å². The predicted octanol–water partition coefficient (Wildman–Crippen LogP) is 2.14. The van der Waals surface area contributed by atoms with Gasteiger partial charge in [-0.2, -0.15) is 0 Å². The van der Waals surface area contributed by atoms with Crippen LogP contribution in [-0.2, 0) is 11.8 Å². The van der Waals surface area contributed by atoms with Crippen LogP contribution in [0, 0.1) is 0 Å². The predicted molar refractivity (Wildman–Crippen MR) is 67.6 cm³/mol. The zero-order valence-electron chi connectivity index (χ0n) is 10.6. The quantitative estimate of drug-likeness (QED) is 0.782. The van der Waals surface area contributed by atoms with Gasteiger partial charge in [0.2, 0.25) is 0 Å². The van der Waals surface area contributed by atoms with Crippen LogP contribution in [0.2, 0.25) is 0 Å². The maximum Gasteiger partial charge on any atom is 0.0589 e. The van der Waals surface area contributed by atoms with Crippen LogP contribution in [0.5, 0.6) is 0 Å². The van der Waals surface area contributed by atoms with E-state index in [1.165, 1.54) is 32.4 Å². The lowest BCUT2D eigenvalue weighted by atomic mass is 10.1. The largest absolute Gasteiger partial charge is 0.383 e. The van der Waals surface area contributed by atoms with Gasteiger partial charge in [-0.05, 0) is 38.1 Å². The van der Waals surface area contributed by atoms with Gasteiger partial charge in [-0.15, -0.1) is 0 Å². The van der Waals surface area contributed by atoms with Crippen LogP contribution in [0.3, 0.4) is 0 Å². The van der Waals surface area contributed by atoms with Gasteiger partial charge in [-0.1, -0.05) is 6.42 Å². The third kappa shape index (κ3) is 5.93. The van der Waals surface area contributed by atoms with Crippen molar-refractivity contribution in [3.05, 3.63) is 24.5 Å². The van der Waals surface area contributed by atoms with Gasteiger partial charge in [0.05, 0.1) is 6.61 Å². The molecule has 0 unspecified atom stereocenters. The van der Waals surface area contributed by atoms with Crippen molar-refractivity contribution < 1.29 is 4.74 Å². The first-order valence-electron chi connectivity index (χ1n) is 6.11. The van der Waals surface area contributed by atoms with E-state index in [4.69, 9.17) is 4.74 Å².